The largest absolute Gasteiger partial charge is 0.462 e. The molecule has 0 radical (unpaired) electrons. The van der Waals surface area contributed by atoms with E-state index in [4.69, 9.17) is 14.2 Å². The standard InChI is InChI=1S/C46H88O6/c1-6-8-9-10-19-26-31-36-44(47)50-39-43(40-51-45(48)37-32-27-22-18-17-21-25-30-35-42(5)7-2)52-46(49)38-33-28-23-16-14-12-11-13-15-20-24-29-34-41(3)4/h41-43H,6-40H2,1-5H3/t42?,43-/m1/s1. The fourth-order valence-corrected chi connectivity index (χ4v) is 6.72. The van der Waals surface area contributed by atoms with E-state index < -0.39 is 6.10 Å². The van der Waals surface area contributed by atoms with Gasteiger partial charge in [-0.25, -0.2) is 0 Å². The van der Waals surface area contributed by atoms with E-state index in [1.54, 1.807) is 0 Å². The number of carbonyl (C=O) groups is 3. The molecule has 0 aliphatic rings. The van der Waals surface area contributed by atoms with Gasteiger partial charge in [-0.3, -0.25) is 14.4 Å². The molecule has 0 heterocycles. The molecule has 0 aromatic rings. The summed E-state index contributed by atoms with van der Waals surface area (Å²) in [6.45, 7) is 11.3. The van der Waals surface area contributed by atoms with Gasteiger partial charge in [0.25, 0.3) is 0 Å². The Bertz CT molecular complexity index is 796. The first kappa shape index (κ1) is 50.4. The van der Waals surface area contributed by atoms with Crippen molar-refractivity contribution >= 4 is 17.9 Å². The van der Waals surface area contributed by atoms with Crippen molar-refractivity contribution in [1.82, 2.24) is 0 Å². The maximum Gasteiger partial charge on any atom is 0.306 e. The Morgan fingerprint density at radius 3 is 1.10 bits per heavy atom. The number of rotatable bonds is 40. The van der Waals surface area contributed by atoms with Crippen molar-refractivity contribution in [1.29, 1.82) is 0 Å². The van der Waals surface area contributed by atoms with Crippen LogP contribution in [0.15, 0.2) is 0 Å². The predicted molar refractivity (Wildman–Crippen MR) is 220 cm³/mol. The van der Waals surface area contributed by atoms with Crippen LogP contribution in [-0.2, 0) is 28.6 Å². The van der Waals surface area contributed by atoms with Gasteiger partial charge >= 0.3 is 17.9 Å². The predicted octanol–water partition coefficient (Wildman–Crippen LogP) is 14.2. The summed E-state index contributed by atoms with van der Waals surface area (Å²) in [5.41, 5.74) is 0. The third-order valence-corrected chi connectivity index (χ3v) is 10.6. The van der Waals surface area contributed by atoms with Crippen LogP contribution in [0.1, 0.15) is 247 Å². The number of unbranched alkanes of at least 4 members (excludes halogenated alkanes) is 24. The van der Waals surface area contributed by atoms with Crippen LogP contribution in [0, 0.1) is 11.8 Å². The average molecular weight is 737 g/mol. The van der Waals surface area contributed by atoms with Gasteiger partial charge in [0.15, 0.2) is 6.10 Å². The van der Waals surface area contributed by atoms with Gasteiger partial charge in [0.05, 0.1) is 0 Å². The molecule has 0 saturated heterocycles. The zero-order chi connectivity index (χ0) is 38.3. The molecule has 1 unspecified atom stereocenters. The summed E-state index contributed by atoms with van der Waals surface area (Å²) in [5.74, 6) is 0.816. The van der Waals surface area contributed by atoms with Gasteiger partial charge in [0.2, 0.25) is 0 Å². The van der Waals surface area contributed by atoms with Gasteiger partial charge in [-0.05, 0) is 31.1 Å². The van der Waals surface area contributed by atoms with Crippen LogP contribution in [0.4, 0.5) is 0 Å². The van der Waals surface area contributed by atoms with E-state index >= 15 is 0 Å². The molecule has 2 atom stereocenters. The molecule has 6 nitrogen and oxygen atoms in total. The fraction of sp³-hybridized carbons (Fsp3) is 0.935. The van der Waals surface area contributed by atoms with E-state index in [0.29, 0.717) is 19.3 Å². The van der Waals surface area contributed by atoms with Crippen LogP contribution in [0.2, 0.25) is 0 Å². The van der Waals surface area contributed by atoms with E-state index in [-0.39, 0.29) is 31.1 Å². The first-order valence-corrected chi connectivity index (χ1v) is 22.8. The number of hydrogen-bond donors (Lipinski definition) is 0. The van der Waals surface area contributed by atoms with Crippen LogP contribution >= 0.6 is 0 Å². The molecule has 308 valence electrons. The second kappa shape index (κ2) is 39.1. The van der Waals surface area contributed by atoms with Crippen molar-refractivity contribution < 1.29 is 28.6 Å². The van der Waals surface area contributed by atoms with Crippen molar-refractivity contribution in [3.05, 3.63) is 0 Å². The smallest absolute Gasteiger partial charge is 0.306 e. The molecule has 0 aliphatic carbocycles. The lowest BCUT2D eigenvalue weighted by atomic mass is 9.99. The Labute approximate surface area is 323 Å². The number of carbonyl (C=O) groups excluding carboxylic acids is 3. The summed E-state index contributed by atoms with van der Waals surface area (Å²) in [6, 6.07) is 0. The van der Waals surface area contributed by atoms with E-state index in [0.717, 1.165) is 69.6 Å². The summed E-state index contributed by atoms with van der Waals surface area (Å²) < 4.78 is 16.7. The third-order valence-electron chi connectivity index (χ3n) is 10.6. The quantitative estimate of drug-likeness (QED) is 0.0354. The maximum atomic E-state index is 12.7. The minimum Gasteiger partial charge on any atom is -0.462 e. The Kier molecular flexibility index (Phi) is 37.9. The summed E-state index contributed by atoms with van der Waals surface area (Å²) in [6.07, 6.45) is 36.6. The van der Waals surface area contributed by atoms with Gasteiger partial charge in [0.1, 0.15) is 13.2 Å². The average Bonchev–Trinajstić information content (AvgIpc) is 3.12. The highest BCUT2D eigenvalue weighted by Crippen LogP contribution is 2.17. The Morgan fingerprint density at radius 2 is 0.731 bits per heavy atom. The van der Waals surface area contributed by atoms with E-state index in [1.807, 2.05) is 0 Å². The lowest BCUT2D eigenvalue weighted by Gasteiger charge is -2.18. The first-order chi connectivity index (χ1) is 25.3. The monoisotopic (exact) mass is 737 g/mol. The molecule has 0 rings (SSSR count). The molecule has 0 aromatic carbocycles. The molecule has 0 fully saturated rings. The second-order valence-corrected chi connectivity index (χ2v) is 16.4. The van der Waals surface area contributed by atoms with Crippen LogP contribution in [0.25, 0.3) is 0 Å². The zero-order valence-corrected chi connectivity index (χ0v) is 35.4. The van der Waals surface area contributed by atoms with Gasteiger partial charge in [-0.1, -0.05) is 208 Å². The van der Waals surface area contributed by atoms with Crippen molar-refractivity contribution in [2.24, 2.45) is 11.8 Å². The molecule has 0 aliphatic heterocycles. The minimum atomic E-state index is -0.759. The molecule has 0 spiro atoms. The molecule has 0 bridgehead atoms. The highest BCUT2D eigenvalue weighted by atomic mass is 16.6. The summed E-state index contributed by atoms with van der Waals surface area (Å²) >= 11 is 0. The SMILES string of the molecule is CCCCCCCCCC(=O)OC[C@H](COC(=O)CCCCCCCCCCC(C)CC)OC(=O)CCCCCCCCCCCCCCC(C)C. The Morgan fingerprint density at radius 1 is 0.404 bits per heavy atom. The molecule has 0 amide bonds. The summed E-state index contributed by atoms with van der Waals surface area (Å²) in [7, 11) is 0. The van der Waals surface area contributed by atoms with Crippen molar-refractivity contribution in [2.75, 3.05) is 13.2 Å². The minimum absolute atomic E-state index is 0.0656. The summed E-state index contributed by atoms with van der Waals surface area (Å²) in [4.78, 5) is 37.6. The lowest BCUT2D eigenvalue weighted by Crippen LogP contribution is -2.30. The lowest BCUT2D eigenvalue weighted by molar-refractivity contribution is -0.167. The first-order valence-electron chi connectivity index (χ1n) is 22.8. The zero-order valence-electron chi connectivity index (χ0n) is 35.4. The van der Waals surface area contributed by atoms with Crippen LogP contribution in [0.5, 0.6) is 0 Å². The number of esters is 3. The third kappa shape index (κ3) is 38.1. The highest BCUT2D eigenvalue weighted by molar-refractivity contribution is 5.71. The van der Waals surface area contributed by atoms with Gasteiger partial charge in [-0.2, -0.15) is 0 Å². The van der Waals surface area contributed by atoms with Crippen molar-refractivity contribution in [2.45, 2.75) is 253 Å². The van der Waals surface area contributed by atoms with Crippen LogP contribution in [-0.4, -0.2) is 37.2 Å². The molecule has 0 aromatic heterocycles. The number of hydrogen-bond acceptors (Lipinski definition) is 6. The van der Waals surface area contributed by atoms with Crippen LogP contribution in [0.3, 0.4) is 0 Å². The van der Waals surface area contributed by atoms with Gasteiger partial charge in [-0.15, -0.1) is 0 Å². The van der Waals surface area contributed by atoms with E-state index in [9.17, 15) is 14.4 Å². The van der Waals surface area contributed by atoms with Crippen molar-refractivity contribution in [3.8, 4) is 0 Å². The molecule has 0 N–H and O–H groups in total. The Balaban J connectivity index is 4.28. The molecule has 6 heteroatoms. The topological polar surface area (TPSA) is 78.9 Å². The van der Waals surface area contributed by atoms with Gasteiger partial charge in [0, 0.05) is 19.3 Å². The Hall–Kier alpha value is -1.59. The molecular weight excluding hydrogens is 649 g/mol. The maximum absolute atomic E-state index is 12.7. The molecule has 0 saturated carbocycles. The molecular formula is C46H88O6. The fourth-order valence-electron chi connectivity index (χ4n) is 6.72. The normalized spacial score (nSPS) is 12.6. The van der Waals surface area contributed by atoms with E-state index in [1.165, 1.54) is 135 Å². The molecule has 52 heavy (non-hydrogen) atoms. The van der Waals surface area contributed by atoms with E-state index in [2.05, 4.69) is 34.6 Å². The summed E-state index contributed by atoms with van der Waals surface area (Å²) in [5, 5.41) is 0. The van der Waals surface area contributed by atoms with Crippen molar-refractivity contribution in [3.63, 3.8) is 0 Å². The van der Waals surface area contributed by atoms with Gasteiger partial charge < -0.3 is 14.2 Å². The second-order valence-electron chi connectivity index (χ2n) is 16.4. The highest BCUT2D eigenvalue weighted by Gasteiger charge is 2.19. The van der Waals surface area contributed by atoms with Crippen LogP contribution < -0.4 is 0 Å². The number of ether oxygens (including phenoxy) is 3.